The quantitative estimate of drug-likeness (QED) is 0.707. The van der Waals surface area contributed by atoms with E-state index in [1.807, 2.05) is 4.90 Å². The maximum Gasteiger partial charge on any atom is 0.243 e. The molecule has 168 valence electrons. The zero-order valence-corrected chi connectivity index (χ0v) is 18.8. The highest BCUT2D eigenvalue weighted by Gasteiger charge is 2.37. The molecule has 0 spiro atoms. The molecule has 2 atom stereocenters. The van der Waals surface area contributed by atoms with E-state index in [1.54, 1.807) is 0 Å². The van der Waals surface area contributed by atoms with Gasteiger partial charge in [0, 0.05) is 31.6 Å². The van der Waals surface area contributed by atoms with Gasteiger partial charge in [-0.1, -0.05) is 20.8 Å². The Morgan fingerprint density at radius 3 is 2.27 bits per heavy atom. The lowest BCUT2D eigenvalue weighted by Gasteiger charge is -2.38. The van der Waals surface area contributed by atoms with Crippen LogP contribution in [-0.2, 0) is 14.8 Å². The van der Waals surface area contributed by atoms with Crippen LogP contribution in [0.15, 0.2) is 23.1 Å². The van der Waals surface area contributed by atoms with Gasteiger partial charge in [0.25, 0.3) is 0 Å². The number of piperidine rings is 1. The van der Waals surface area contributed by atoms with E-state index in [0.717, 1.165) is 37.9 Å². The van der Waals surface area contributed by atoms with Crippen molar-refractivity contribution in [2.75, 3.05) is 19.6 Å². The van der Waals surface area contributed by atoms with E-state index in [-0.39, 0.29) is 35.9 Å². The van der Waals surface area contributed by atoms with Gasteiger partial charge in [-0.3, -0.25) is 4.79 Å². The lowest BCUT2D eigenvalue weighted by atomic mass is 9.92. The zero-order chi connectivity index (χ0) is 22.1. The lowest BCUT2D eigenvalue weighted by Crippen LogP contribution is -2.49. The summed E-state index contributed by atoms with van der Waals surface area (Å²) in [5, 5.41) is 0. The Kier molecular flexibility index (Phi) is 7.17. The molecule has 0 aliphatic carbocycles. The molecule has 2 unspecified atom stereocenters. The number of nitrogens with zero attached hydrogens (tertiary/aromatic N) is 2. The molecule has 1 aromatic carbocycles. The fourth-order valence-electron chi connectivity index (χ4n) is 4.61. The summed E-state index contributed by atoms with van der Waals surface area (Å²) in [5.74, 6) is -1.34. The monoisotopic (exact) mass is 442 g/mol. The molecule has 0 N–H and O–H groups in total. The molecule has 1 amide bonds. The van der Waals surface area contributed by atoms with E-state index in [2.05, 4.69) is 20.8 Å². The minimum absolute atomic E-state index is 0.132. The summed E-state index contributed by atoms with van der Waals surface area (Å²) in [7, 11) is -3.91. The molecule has 2 saturated heterocycles. The van der Waals surface area contributed by atoms with Gasteiger partial charge >= 0.3 is 0 Å². The third-order valence-corrected chi connectivity index (χ3v) is 8.50. The van der Waals surface area contributed by atoms with Gasteiger partial charge in [-0.2, -0.15) is 4.31 Å². The molecule has 1 aromatic rings. The molecule has 2 heterocycles. The van der Waals surface area contributed by atoms with Gasteiger partial charge in [-0.25, -0.2) is 17.2 Å². The van der Waals surface area contributed by atoms with Crippen molar-refractivity contribution in [2.45, 2.75) is 63.8 Å². The molecular formula is C22H32F2N2O3S. The minimum atomic E-state index is -3.91. The number of carbonyl (C=O) groups excluding carboxylic acids is 1. The third kappa shape index (κ3) is 4.85. The highest BCUT2D eigenvalue weighted by molar-refractivity contribution is 7.89. The van der Waals surface area contributed by atoms with Gasteiger partial charge in [0.05, 0.1) is 4.90 Å². The first-order valence-corrected chi connectivity index (χ1v) is 12.3. The van der Waals surface area contributed by atoms with Gasteiger partial charge < -0.3 is 4.90 Å². The van der Waals surface area contributed by atoms with Crippen LogP contribution in [0.1, 0.15) is 52.9 Å². The number of benzene rings is 1. The third-order valence-electron chi connectivity index (χ3n) is 6.60. The highest BCUT2D eigenvalue weighted by atomic mass is 32.2. The van der Waals surface area contributed by atoms with Gasteiger partial charge in [-0.15, -0.1) is 0 Å². The Morgan fingerprint density at radius 1 is 1.00 bits per heavy atom. The summed E-state index contributed by atoms with van der Waals surface area (Å²) in [6.45, 7) is 7.70. The van der Waals surface area contributed by atoms with Crippen LogP contribution in [0.25, 0.3) is 0 Å². The van der Waals surface area contributed by atoms with Crippen LogP contribution in [0.5, 0.6) is 0 Å². The maximum atomic E-state index is 13.5. The number of carbonyl (C=O) groups is 1. The van der Waals surface area contributed by atoms with Crippen molar-refractivity contribution in [1.82, 2.24) is 9.21 Å². The molecule has 0 bridgehead atoms. The van der Waals surface area contributed by atoms with Crippen molar-refractivity contribution in [3.8, 4) is 0 Å². The van der Waals surface area contributed by atoms with Crippen LogP contribution >= 0.6 is 0 Å². The second kappa shape index (κ2) is 9.30. The second-order valence-electron chi connectivity index (χ2n) is 9.07. The van der Waals surface area contributed by atoms with E-state index in [1.165, 1.54) is 4.31 Å². The van der Waals surface area contributed by atoms with Crippen LogP contribution in [-0.4, -0.2) is 49.2 Å². The molecule has 5 nitrogen and oxygen atoms in total. The zero-order valence-electron chi connectivity index (χ0n) is 18.0. The van der Waals surface area contributed by atoms with Gasteiger partial charge in [0.2, 0.25) is 15.9 Å². The Bertz CT molecular complexity index is 867. The topological polar surface area (TPSA) is 57.7 Å². The van der Waals surface area contributed by atoms with E-state index in [4.69, 9.17) is 0 Å². The van der Waals surface area contributed by atoms with Gasteiger partial charge in [-0.05, 0) is 62.1 Å². The first-order chi connectivity index (χ1) is 14.1. The Morgan fingerprint density at radius 2 is 1.67 bits per heavy atom. The van der Waals surface area contributed by atoms with Crippen LogP contribution in [0.2, 0.25) is 0 Å². The summed E-state index contributed by atoms with van der Waals surface area (Å²) < 4.78 is 53.5. The van der Waals surface area contributed by atoms with E-state index >= 15 is 0 Å². The van der Waals surface area contributed by atoms with Crippen molar-refractivity contribution >= 4 is 15.9 Å². The number of hydrogen-bond acceptors (Lipinski definition) is 3. The molecule has 3 rings (SSSR count). The van der Waals surface area contributed by atoms with Crippen molar-refractivity contribution in [3.05, 3.63) is 29.8 Å². The minimum Gasteiger partial charge on any atom is -0.339 e. The summed E-state index contributed by atoms with van der Waals surface area (Å²) in [6, 6.07) is 2.85. The average Bonchev–Trinajstić information content (AvgIpc) is 2.91. The Hall–Kier alpha value is -1.54. The van der Waals surface area contributed by atoms with Gasteiger partial charge in [0.1, 0.15) is 0 Å². The molecule has 2 aliphatic heterocycles. The summed E-state index contributed by atoms with van der Waals surface area (Å²) in [6.07, 6.45) is 4.01. The van der Waals surface area contributed by atoms with Crippen LogP contribution in [0.4, 0.5) is 8.78 Å². The number of amides is 1. The smallest absolute Gasteiger partial charge is 0.243 e. The van der Waals surface area contributed by atoms with Crippen LogP contribution < -0.4 is 0 Å². The largest absolute Gasteiger partial charge is 0.339 e. The number of rotatable bonds is 4. The molecule has 8 heteroatoms. The number of halogens is 2. The molecule has 30 heavy (non-hydrogen) atoms. The number of hydrogen-bond donors (Lipinski definition) is 0. The van der Waals surface area contributed by atoms with Crippen LogP contribution in [0.3, 0.4) is 0 Å². The predicted molar refractivity (Wildman–Crippen MR) is 111 cm³/mol. The van der Waals surface area contributed by atoms with Crippen LogP contribution in [0, 0.1) is 29.4 Å². The average molecular weight is 443 g/mol. The molecule has 0 radical (unpaired) electrons. The highest BCUT2D eigenvalue weighted by Crippen LogP contribution is 2.31. The SMILES string of the molecule is CC1CCC(C(C)C)N(C(=O)C2CCN(S(=O)(=O)c3ccc(F)c(F)c3)CC2)CC1. The molecule has 0 saturated carbocycles. The van der Waals surface area contributed by atoms with Crippen molar-refractivity contribution in [2.24, 2.45) is 17.8 Å². The first kappa shape index (κ1) is 23.1. The standard InChI is InChI=1S/C22H32F2N2O3S/c1-15(2)21-7-4-16(3)8-13-26(21)22(27)17-9-11-25(12-10-17)30(28,29)18-5-6-19(23)20(24)14-18/h5-6,14-17,21H,4,7-13H2,1-3H3. The molecule has 2 fully saturated rings. The second-order valence-corrected chi connectivity index (χ2v) is 11.0. The van der Waals surface area contributed by atoms with E-state index in [9.17, 15) is 22.0 Å². The van der Waals surface area contributed by atoms with E-state index < -0.39 is 21.7 Å². The maximum absolute atomic E-state index is 13.5. The Balaban J connectivity index is 1.68. The molecular weight excluding hydrogens is 410 g/mol. The first-order valence-electron chi connectivity index (χ1n) is 10.9. The normalized spacial score (nSPS) is 24.8. The number of sulfonamides is 1. The fraction of sp³-hybridized carbons (Fsp3) is 0.682. The Labute approximate surface area is 178 Å². The predicted octanol–water partition coefficient (Wildman–Crippen LogP) is 4.04. The number of likely N-dealkylation sites (tertiary alicyclic amines) is 1. The fourth-order valence-corrected chi connectivity index (χ4v) is 6.09. The van der Waals surface area contributed by atoms with Crippen molar-refractivity contribution in [1.29, 1.82) is 0 Å². The summed E-state index contributed by atoms with van der Waals surface area (Å²) >= 11 is 0. The summed E-state index contributed by atoms with van der Waals surface area (Å²) in [4.78, 5) is 15.1. The van der Waals surface area contributed by atoms with Gasteiger partial charge in [0.15, 0.2) is 11.6 Å². The van der Waals surface area contributed by atoms with Crippen molar-refractivity contribution < 1.29 is 22.0 Å². The lowest BCUT2D eigenvalue weighted by molar-refractivity contribution is -0.140. The van der Waals surface area contributed by atoms with Crippen molar-refractivity contribution in [3.63, 3.8) is 0 Å². The summed E-state index contributed by atoms with van der Waals surface area (Å²) in [5.41, 5.74) is 0. The molecule has 2 aliphatic rings. The molecule has 0 aromatic heterocycles. The van der Waals surface area contributed by atoms with E-state index in [0.29, 0.717) is 30.7 Å².